The molecule has 2 rings (SSSR count). The van der Waals surface area contributed by atoms with Gasteiger partial charge in [-0.05, 0) is 19.1 Å². The molecule has 0 fully saturated rings. The number of nitrogens with two attached hydrogens (primary N) is 1. The first-order valence-electron chi connectivity index (χ1n) is 3.69. The smallest absolute Gasteiger partial charge is 0.113 e. The lowest BCUT2D eigenvalue weighted by Gasteiger charge is -2.18. The molecule has 1 aliphatic rings. The van der Waals surface area contributed by atoms with E-state index < -0.39 is 0 Å². The fraction of sp³-hybridized carbons (Fsp3) is 0.250. The van der Waals surface area contributed by atoms with E-state index in [-0.39, 0.29) is 0 Å². The Hall–Kier alpha value is -1.38. The second-order valence-electron chi connectivity index (χ2n) is 2.82. The van der Waals surface area contributed by atoms with Crippen LogP contribution in [0.4, 0.5) is 5.82 Å². The van der Waals surface area contributed by atoms with Gasteiger partial charge < -0.3 is 16.0 Å². The van der Waals surface area contributed by atoms with Crippen molar-refractivity contribution in [1.29, 1.82) is 0 Å². The third-order valence-electron chi connectivity index (χ3n) is 1.86. The van der Waals surface area contributed by atoms with E-state index >= 15 is 0 Å². The zero-order valence-corrected chi connectivity index (χ0v) is 6.39. The largest absolute Gasteiger partial charge is 0.398 e. The van der Waals surface area contributed by atoms with Gasteiger partial charge in [0.2, 0.25) is 0 Å². The van der Waals surface area contributed by atoms with Crippen LogP contribution in [0.5, 0.6) is 0 Å². The molecule has 1 atom stereocenters. The molecular weight excluding hydrogens is 138 g/mol. The second kappa shape index (κ2) is 2.05. The van der Waals surface area contributed by atoms with Crippen molar-refractivity contribution in [1.82, 2.24) is 4.98 Å². The van der Waals surface area contributed by atoms with Crippen LogP contribution in [-0.4, -0.2) is 11.0 Å². The van der Waals surface area contributed by atoms with Gasteiger partial charge in [0.1, 0.15) is 5.82 Å². The van der Waals surface area contributed by atoms with Crippen molar-refractivity contribution >= 4 is 11.5 Å². The molecule has 0 bridgehead atoms. The van der Waals surface area contributed by atoms with Crippen LogP contribution in [0.3, 0.4) is 0 Å². The monoisotopic (exact) mass is 149 g/mol. The van der Waals surface area contributed by atoms with E-state index in [0.29, 0.717) is 6.04 Å². The fourth-order valence-corrected chi connectivity index (χ4v) is 1.36. The van der Waals surface area contributed by atoms with Gasteiger partial charge in [-0.3, -0.25) is 0 Å². The van der Waals surface area contributed by atoms with E-state index in [1.807, 2.05) is 18.3 Å². The number of rotatable bonds is 0. The summed E-state index contributed by atoms with van der Waals surface area (Å²) in [6.07, 6.45) is 3.90. The predicted molar refractivity (Wildman–Crippen MR) is 46.0 cm³/mol. The molecule has 1 aromatic heterocycles. The summed E-state index contributed by atoms with van der Waals surface area (Å²) in [5.41, 5.74) is 7.71. The topological polar surface area (TPSA) is 53.8 Å². The number of hydrogen-bond acceptors (Lipinski definition) is 2. The molecular formula is C8H11N3. The summed E-state index contributed by atoms with van der Waals surface area (Å²) >= 11 is 0. The lowest BCUT2D eigenvalue weighted by atomic mass is 10.1. The van der Waals surface area contributed by atoms with Gasteiger partial charge in [-0.1, -0.05) is 0 Å². The average molecular weight is 149 g/mol. The molecule has 58 valence electrons. The lowest BCUT2D eigenvalue weighted by Crippen LogP contribution is -2.19. The summed E-state index contributed by atoms with van der Waals surface area (Å²) in [5, 5.41) is 3.26. The van der Waals surface area contributed by atoms with Crippen molar-refractivity contribution in [3.63, 3.8) is 0 Å². The van der Waals surface area contributed by atoms with Crippen LogP contribution in [0.2, 0.25) is 0 Å². The Bertz CT molecular complexity index is 298. The summed E-state index contributed by atoms with van der Waals surface area (Å²) in [6.45, 7) is 2.07. The minimum Gasteiger partial charge on any atom is -0.398 e. The third-order valence-corrected chi connectivity index (χ3v) is 1.86. The Labute approximate surface area is 65.3 Å². The fourth-order valence-electron chi connectivity index (χ4n) is 1.36. The molecule has 3 nitrogen and oxygen atoms in total. The van der Waals surface area contributed by atoms with E-state index in [2.05, 4.69) is 17.2 Å². The molecule has 0 saturated heterocycles. The number of hydrogen-bond donors (Lipinski definition) is 3. The van der Waals surface area contributed by atoms with Crippen molar-refractivity contribution in [2.24, 2.45) is 5.73 Å². The highest BCUT2D eigenvalue weighted by atomic mass is 15.0. The number of aromatic amines is 1. The van der Waals surface area contributed by atoms with Gasteiger partial charge in [-0.25, -0.2) is 0 Å². The molecule has 0 spiro atoms. The maximum absolute atomic E-state index is 5.78. The number of fused-ring (bicyclic) bond motifs is 1. The summed E-state index contributed by atoms with van der Waals surface area (Å²) in [4.78, 5) is 3.09. The Morgan fingerprint density at radius 2 is 2.36 bits per heavy atom. The summed E-state index contributed by atoms with van der Waals surface area (Å²) < 4.78 is 0. The third kappa shape index (κ3) is 0.888. The summed E-state index contributed by atoms with van der Waals surface area (Å²) in [5.74, 6) is 1.03. The van der Waals surface area contributed by atoms with Crippen LogP contribution in [0.1, 0.15) is 12.5 Å². The lowest BCUT2D eigenvalue weighted by molar-refractivity contribution is 0.971. The average Bonchev–Trinajstić information content (AvgIpc) is 2.34. The zero-order chi connectivity index (χ0) is 7.84. The molecule has 0 aliphatic carbocycles. The zero-order valence-electron chi connectivity index (χ0n) is 6.39. The quantitative estimate of drug-likeness (QED) is 0.518. The van der Waals surface area contributed by atoms with Crippen LogP contribution < -0.4 is 11.1 Å². The van der Waals surface area contributed by atoms with Gasteiger partial charge in [-0.15, -0.1) is 0 Å². The highest BCUT2D eigenvalue weighted by Crippen LogP contribution is 2.24. The van der Waals surface area contributed by atoms with Gasteiger partial charge in [0.15, 0.2) is 0 Å². The minimum absolute atomic E-state index is 0.321. The standard InChI is InChI=1S/C8H11N3/c1-5-4-7(9)6-2-3-10-8(6)11-5/h2-5,10-11H,9H2,1H3. The molecule has 4 N–H and O–H groups in total. The molecule has 1 unspecified atom stereocenters. The molecule has 0 saturated carbocycles. The first kappa shape index (κ1) is 6.34. The van der Waals surface area contributed by atoms with E-state index in [0.717, 1.165) is 17.1 Å². The Kier molecular flexibility index (Phi) is 1.18. The van der Waals surface area contributed by atoms with Crippen LogP contribution >= 0.6 is 0 Å². The van der Waals surface area contributed by atoms with Crippen molar-refractivity contribution in [2.45, 2.75) is 13.0 Å². The highest BCUT2D eigenvalue weighted by molar-refractivity contribution is 5.76. The number of nitrogens with one attached hydrogen (secondary N) is 2. The number of anilines is 1. The Balaban J connectivity index is 2.50. The van der Waals surface area contributed by atoms with Gasteiger partial charge in [0.25, 0.3) is 0 Å². The molecule has 0 aromatic carbocycles. The molecule has 3 heteroatoms. The maximum Gasteiger partial charge on any atom is 0.113 e. The van der Waals surface area contributed by atoms with Crippen molar-refractivity contribution in [3.05, 3.63) is 23.9 Å². The molecule has 2 heterocycles. The summed E-state index contributed by atoms with van der Waals surface area (Å²) in [7, 11) is 0. The molecule has 1 aromatic rings. The van der Waals surface area contributed by atoms with Gasteiger partial charge in [0.05, 0.1) is 0 Å². The SMILES string of the molecule is CC1C=C(N)c2cc[nH]c2N1. The van der Waals surface area contributed by atoms with Crippen LogP contribution in [0, 0.1) is 0 Å². The normalized spacial score (nSPS) is 21.9. The minimum atomic E-state index is 0.321. The molecule has 11 heavy (non-hydrogen) atoms. The van der Waals surface area contributed by atoms with Crippen LogP contribution in [0.25, 0.3) is 5.70 Å². The highest BCUT2D eigenvalue weighted by Gasteiger charge is 2.13. The van der Waals surface area contributed by atoms with Gasteiger partial charge >= 0.3 is 0 Å². The number of H-pyrrole nitrogens is 1. The second-order valence-corrected chi connectivity index (χ2v) is 2.82. The van der Waals surface area contributed by atoms with Crippen LogP contribution in [-0.2, 0) is 0 Å². The first-order valence-corrected chi connectivity index (χ1v) is 3.69. The van der Waals surface area contributed by atoms with E-state index in [1.54, 1.807) is 0 Å². The van der Waals surface area contributed by atoms with Crippen molar-refractivity contribution < 1.29 is 0 Å². The van der Waals surface area contributed by atoms with E-state index in [4.69, 9.17) is 5.73 Å². The maximum atomic E-state index is 5.78. The van der Waals surface area contributed by atoms with Gasteiger partial charge in [-0.2, -0.15) is 0 Å². The van der Waals surface area contributed by atoms with Crippen molar-refractivity contribution in [3.8, 4) is 0 Å². The Morgan fingerprint density at radius 1 is 1.55 bits per heavy atom. The summed E-state index contributed by atoms with van der Waals surface area (Å²) in [6, 6.07) is 2.29. The predicted octanol–water partition coefficient (Wildman–Crippen LogP) is 1.13. The molecule has 0 radical (unpaired) electrons. The molecule has 1 aliphatic heterocycles. The van der Waals surface area contributed by atoms with E-state index in [9.17, 15) is 0 Å². The Morgan fingerprint density at radius 3 is 3.18 bits per heavy atom. The van der Waals surface area contributed by atoms with Crippen LogP contribution in [0.15, 0.2) is 18.3 Å². The van der Waals surface area contributed by atoms with E-state index in [1.165, 1.54) is 0 Å². The van der Waals surface area contributed by atoms with Crippen molar-refractivity contribution in [2.75, 3.05) is 5.32 Å². The number of aromatic nitrogens is 1. The van der Waals surface area contributed by atoms with Gasteiger partial charge in [0, 0.05) is 23.5 Å². The first-order chi connectivity index (χ1) is 5.27. The molecule has 0 amide bonds.